The van der Waals surface area contributed by atoms with Crippen LogP contribution in [0.15, 0.2) is 48.5 Å². The van der Waals surface area contributed by atoms with Gasteiger partial charge in [0.25, 0.3) is 0 Å². The summed E-state index contributed by atoms with van der Waals surface area (Å²) in [7, 11) is -3.63. The van der Waals surface area contributed by atoms with Gasteiger partial charge in [0.05, 0.1) is 18.6 Å². The number of anilines is 1. The Morgan fingerprint density at radius 3 is 2.26 bits per heavy atom. The second-order valence-electron chi connectivity index (χ2n) is 9.23. The summed E-state index contributed by atoms with van der Waals surface area (Å²) in [6.45, 7) is 8.35. The minimum Gasteiger partial charge on any atom is -0.492 e. The third kappa shape index (κ3) is 9.20. The first kappa shape index (κ1) is 31.4. The maximum atomic E-state index is 13.5. The maximum Gasteiger partial charge on any atom is 0.243 e. The van der Waals surface area contributed by atoms with Crippen molar-refractivity contribution in [3.8, 4) is 5.75 Å². The number of para-hydroxylation sites is 2. The fraction of sp³-hybridized carbons (Fsp3) is 0.500. The van der Waals surface area contributed by atoms with Gasteiger partial charge < -0.3 is 15.0 Å². The molecule has 210 valence electrons. The quantitative estimate of drug-likeness (QED) is 0.327. The SMILES string of the molecule is CCOc1ccccc1N(CCCC(=O)N(Cc1ccc(Cl)cc1)[C@@H](CC)C(=O)N[C@@H](C)CC)S(C)(=O)=O. The van der Waals surface area contributed by atoms with Crippen molar-refractivity contribution in [1.82, 2.24) is 10.2 Å². The van der Waals surface area contributed by atoms with Gasteiger partial charge in [0.15, 0.2) is 0 Å². The van der Waals surface area contributed by atoms with E-state index in [1.807, 2.05) is 39.8 Å². The Kier molecular flexibility index (Phi) is 12.4. The monoisotopic (exact) mass is 565 g/mol. The molecule has 2 aromatic carbocycles. The highest BCUT2D eigenvalue weighted by atomic mass is 35.5. The molecule has 10 heteroatoms. The van der Waals surface area contributed by atoms with Crippen molar-refractivity contribution < 1.29 is 22.7 Å². The highest BCUT2D eigenvalue weighted by Crippen LogP contribution is 2.30. The Morgan fingerprint density at radius 2 is 1.68 bits per heavy atom. The minimum absolute atomic E-state index is 0.0160. The minimum atomic E-state index is -3.63. The van der Waals surface area contributed by atoms with Crippen LogP contribution in [-0.2, 0) is 26.2 Å². The van der Waals surface area contributed by atoms with Crippen molar-refractivity contribution in [2.75, 3.05) is 23.7 Å². The molecule has 0 aliphatic rings. The second kappa shape index (κ2) is 15.0. The molecule has 0 saturated carbocycles. The molecule has 2 rings (SSSR count). The molecule has 0 fully saturated rings. The standard InChI is InChI=1S/C28H40ClN3O5S/c1-6-21(4)30-28(34)24(7-2)31(20-22-15-17-23(29)18-16-22)27(33)14-11-19-32(38(5,35)36)25-12-9-10-13-26(25)37-8-3/h9-10,12-13,15-18,21,24H,6-8,11,14,19-20H2,1-5H3,(H,30,34)/t21-,24-/m0/s1. The van der Waals surface area contributed by atoms with Crippen LogP contribution in [0.3, 0.4) is 0 Å². The van der Waals surface area contributed by atoms with Crippen LogP contribution in [0.25, 0.3) is 0 Å². The van der Waals surface area contributed by atoms with Gasteiger partial charge in [0.1, 0.15) is 11.8 Å². The van der Waals surface area contributed by atoms with Gasteiger partial charge in [0.2, 0.25) is 21.8 Å². The summed E-state index contributed by atoms with van der Waals surface area (Å²) in [6, 6.07) is 13.4. The fourth-order valence-corrected chi connectivity index (χ4v) is 5.17. The molecule has 38 heavy (non-hydrogen) atoms. The maximum absolute atomic E-state index is 13.5. The van der Waals surface area contributed by atoms with E-state index in [4.69, 9.17) is 16.3 Å². The van der Waals surface area contributed by atoms with Crippen molar-refractivity contribution in [2.24, 2.45) is 0 Å². The molecule has 0 unspecified atom stereocenters. The number of rotatable bonds is 15. The first-order valence-corrected chi connectivity index (χ1v) is 15.3. The predicted octanol–water partition coefficient (Wildman–Crippen LogP) is 5.01. The van der Waals surface area contributed by atoms with Crippen LogP contribution >= 0.6 is 11.6 Å². The van der Waals surface area contributed by atoms with E-state index in [2.05, 4.69) is 5.32 Å². The Morgan fingerprint density at radius 1 is 1.03 bits per heavy atom. The zero-order chi connectivity index (χ0) is 28.3. The number of carbonyl (C=O) groups is 2. The number of amides is 2. The molecular formula is C28H40ClN3O5S. The smallest absolute Gasteiger partial charge is 0.243 e. The van der Waals surface area contributed by atoms with Crippen LogP contribution in [-0.4, -0.2) is 56.6 Å². The van der Waals surface area contributed by atoms with Crippen LogP contribution in [0.4, 0.5) is 5.69 Å². The van der Waals surface area contributed by atoms with Gasteiger partial charge in [-0.2, -0.15) is 0 Å². The van der Waals surface area contributed by atoms with Crippen molar-refractivity contribution in [3.63, 3.8) is 0 Å². The Balaban J connectivity index is 2.25. The van der Waals surface area contributed by atoms with Crippen LogP contribution in [0.5, 0.6) is 5.75 Å². The summed E-state index contributed by atoms with van der Waals surface area (Å²) in [5, 5.41) is 3.57. The number of sulfonamides is 1. The molecule has 0 bridgehead atoms. The number of halogens is 1. The molecule has 0 heterocycles. The number of benzene rings is 2. The molecule has 0 aliphatic carbocycles. The predicted molar refractivity (Wildman–Crippen MR) is 153 cm³/mol. The van der Waals surface area contributed by atoms with E-state index >= 15 is 0 Å². The lowest BCUT2D eigenvalue weighted by Gasteiger charge is -2.32. The van der Waals surface area contributed by atoms with E-state index in [0.717, 1.165) is 18.2 Å². The molecular weight excluding hydrogens is 526 g/mol. The van der Waals surface area contributed by atoms with Gasteiger partial charge in [-0.1, -0.05) is 49.7 Å². The summed E-state index contributed by atoms with van der Waals surface area (Å²) in [6.07, 6.45) is 2.70. The molecule has 2 aromatic rings. The van der Waals surface area contributed by atoms with Gasteiger partial charge in [-0.15, -0.1) is 0 Å². The number of ether oxygens (including phenoxy) is 1. The van der Waals surface area contributed by atoms with E-state index in [1.54, 1.807) is 41.3 Å². The molecule has 0 radical (unpaired) electrons. The third-order valence-electron chi connectivity index (χ3n) is 6.24. The fourth-order valence-electron chi connectivity index (χ4n) is 4.07. The number of nitrogens with one attached hydrogen (secondary N) is 1. The van der Waals surface area contributed by atoms with E-state index in [0.29, 0.717) is 29.5 Å². The Hall–Kier alpha value is -2.78. The number of hydrogen-bond acceptors (Lipinski definition) is 5. The highest BCUT2D eigenvalue weighted by Gasteiger charge is 2.29. The summed E-state index contributed by atoms with van der Waals surface area (Å²) in [5.74, 6) is 0.0362. The second-order valence-corrected chi connectivity index (χ2v) is 11.6. The van der Waals surface area contributed by atoms with Gasteiger partial charge >= 0.3 is 0 Å². The average Bonchev–Trinajstić information content (AvgIpc) is 2.87. The van der Waals surface area contributed by atoms with Gasteiger partial charge in [0, 0.05) is 30.6 Å². The Labute approximate surface area is 232 Å². The molecule has 8 nitrogen and oxygen atoms in total. The van der Waals surface area contributed by atoms with Gasteiger partial charge in [-0.25, -0.2) is 8.42 Å². The summed E-state index contributed by atoms with van der Waals surface area (Å²) in [5.41, 5.74) is 1.28. The van der Waals surface area contributed by atoms with E-state index < -0.39 is 16.1 Å². The number of carbonyl (C=O) groups excluding carboxylic acids is 2. The van der Waals surface area contributed by atoms with Crippen LogP contribution in [0.1, 0.15) is 58.9 Å². The van der Waals surface area contributed by atoms with Crippen LogP contribution in [0, 0.1) is 0 Å². The summed E-state index contributed by atoms with van der Waals surface area (Å²) in [4.78, 5) is 28.2. The molecule has 0 aromatic heterocycles. The molecule has 1 N–H and O–H groups in total. The van der Waals surface area contributed by atoms with Crippen molar-refractivity contribution >= 4 is 39.1 Å². The molecule has 0 saturated heterocycles. The first-order valence-electron chi connectivity index (χ1n) is 13.1. The van der Waals surface area contributed by atoms with E-state index in [9.17, 15) is 18.0 Å². The van der Waals surface area contributed by atoms with Crippen molar-refractivity contribution in [2.45, 2.75) is 72.0 Å². The van der Waals surface area contributed by atoms with Gasteiger partial charge in [-0.05, 0) is 62.9 Å². The Bertz CT molecular complexity index is 1160. The molecule has 2 atom stereocenters. The number of nitrogens with zero attached hydrogens (tertiary/aromatic N) is 2. The summed E-state index contributed by atoms with van der Waals surface area (Å²) < 4.78 is 32.2. The van der Waals surface area contributed by atoms with E-state index in [-0.39, 0.29) is 43.8 Å². The zero-order valence-corrected chi connectivity index (χ0v) is 24.5. The lowest BCUT2D eigenvalue weighted by Crippen LogP contribution is -2.50. The molecule has 0 aliphatic heterocycles. The third-order valence-corrected chi connectivity index (χ3v) is 7.67. The lowest BCUT2D eigenvalue weighted by molar-refractivity contribution is -0.141. The number of hydrogen-bond donors (Lipinski definition) is 1. The zero-order valence-electron chi connectivity index (χ0n) is 22.9. The van der Waals surface area contributed by atoms with Crippen molar-refractivity contribution in [1.29, 1.82) is 0 Å². The van der Waals surface area contributed by atoms with Crippen molar-refractivity contribution in [3.05, 3.63) is 59.1 Å². The van der Waals surface area contributed by atoms with E-state index in [1.165, 1.54) is 4.31 Å². The normalized spacial score (nSPS) is 12.9. The average molecular weight is 566 g/mol. The van der Waals surface area contributed by atoms with Crippen LogP contribution in [0.2, 0.25) is 5.02 Å². The van der Waals surface area contributed by atoms with Gasteiger partial charge in [-0.3, -0.25) is 13.9 Å². The molecule has 2 amide bonds. The largest absolute Gasteiger partial charge is 0.492 e. The van der Waals surface area contributed by atoms with Crippen LogP contribution < -0.4 is 14.4 Å². The lowest BCUT2D eigenvalue weighted by atomic mass is 10.1. The topological polar surface area (TPSA) is 96.0 Å². The highest BCUT2D eigenvalue weighted by molar-refractivity contribution is 7.92. The molecule has 0 spiro atoms. The first-order chi connectivity index (χ1) is 18.0. The summed E-state index contributed by atoms with van der Waals surface area (Å²) >= 11 is 6.03.